The summed E-state index contributed by atoms with van der Waals surface area (Å²) in [5, 5.41) is 2.47. The monoisotopic (exact) mass is 262 g/mol. The van der Waals surface area contributed by atoms with Crippen LogP contribution in [0, 0.1) is 18.6 Å². The Labute approximate surface area is 109 Å². The van der Waals surface area contributed by atoms with E-state index in [1.807, 2.05) is 6.92 Å². The summed E-state index contributed by atoms with van der Waals surface area (Å²) < 4.78 is 26.5. The zero-order valence-corrected chi connectivity index (χ0v) is 10.2. The van der Waals surface area contributed by atoms with E-state index in [1.54, 1.807) is 18.2 Å². The van der Waals surface area contributed by atoms with E-state index in [0.717, 1.165) is 11.6 Å². The summed E-state index contributed by atoms with van der Waals surface area (Å²) in [4.78, 5) is 11.8. The Balaban J connectivity index is 2.26. The predicted molar refractivity (Wildman–Crippen MR) is 69.9 cm³/mol. The molecule has 0 fully saturated rings. The molecule has 0 aliphatic rings. The minimum Gasteiger partial charge on any atom is -0.398 e. The molecule has 3 nitrogen and oxygen atoms in total. The third-order valence-corrected chi connectivity index (χ3v) is 2.73. The number of aryl methyl sites for hydroxylation is 1. The molecule has 0 heterocycles. The normalized spacial score (nSPS) is 10.3. The molecule has 0 saturated carbocycles. The zero-order valence-electron chi connectivity index (χ0n) is 10.2. The second kappa shape index (κ2) is 5.06. The molecule has 3 N–H and O–H groups in total. The van der Waals surface area contributed by atoms with E-state index in [2.05, 4.69) is 5.32 Å². The minimum atomic E-state index is -1.17. The molecule has 0 aliphatic carbocycles. The molecule has 0 bridgehead atoms. The van der Waals surface area contributed by atoms with Gasteiger partial charge in [-0.25, -0.2) is 8.78 Å². The van der Waals surface area contributed by atoms with Gasteiger partial charge >= 0.3 is 0 Å². The average Bonchev–Trinajstić information content (AvgIpc) is 2.37. The van der Waals surface area contributed by atoms with E-state index in [0.29, 0.717) is 11.4 Å². The molecule has 98 valence electrons. The average molecular weight is 262 g/mol. The Morgan fingerprint density at radius 2 is 1.95 bits per heavy atom. The molecule has 0 saturated heterocycles. The fourth-order valence-electron chi connectivity index (χ4n) is 1.60. The Kier molecular flexibility index (Phi) is 3.46. The second-order valence-electron chi connectivity index (χ2n) is 4.13. The highest BCUT2D eigenvalue weighted by Gasteiger charge is 2.15. The Morgan fingerprint density at radius 3 is 2.63 bits per heavy atom. The van der Waals surface area contributed by atoms with E-state index < -0.39 is 17.5 Å². The van der Waals surface area contributed by atoms with Gasteiger partial charge in [0.2, 0.25) is 0 Å². The van der Waals surface area contributed by atoms with Crippen LogP contribution >= 0.6 is 0 Å². The molecule has 0 unspecified atom stereocenters. The standard InChI is InChI=1S/C14H12F2N2O/c1-8-5-6-9(7-12(8)17)18-14(19)10-3-2-4-11(15)13(10)16/h2-7H,17H2,1H3,(H,18,19). The topological polar surface area (TPSA) is 55.1 Å². The lowest BCUT2D eigenvalue weighted by atomic mass is 10.1. The van der Waals surface area contributed by atoms with E-state index in [1.165, 1.54) is 12.1 Å². The van der Waals surface area contributed by atoms with Crippen LogP contribution in [0.25, 0.3) is 0 Å². The molecule has 0 aromatic heterocycles. The molecular formula is C14H12F2N2O. The Bertz CT molecular complexity index is 641. The molecule has 5 heteroatoms. The summed E-state index contributed by atoms with van der Waals surface area (Å²) >= 11 is 0. The van der Waals surface area contributed by atoms with Gasteiger partial charge in [0.15, 0.2) is 11.6 Å². The highest BCUT2D eigenvalue weighted by molar-refractivity contribution is 6.04. The summed E-state index contributed by atoms with van der Waals surface area (Å²) in [5.41, 5.74) is 7.17. The van der Waals surface area contributed by atoms with Crippen LogP contribution in [-0.4, -0.2) is 5.91 Å². The molecule has 0 atom stereocenters. The Morgan fingerprint density at radius 1 is 1.21 bits per heavy atom. The first-order chi connectivity index (χ1) is 8.99. The van der Waals surface area contributed by atoms with Crippen molar-refractivity contribution in [3.05, 3.63) is 59.2 Å². The van der Waals surface area contributed by atoms with Gasteiger partial charge in [-0.3, -0.25) is 4.79 Å². The number of nitrogen functional groups attached to an aromatic ring is 1. The van der Waals surface area contributed by atoms with Gasteiger partial charge in [-0.15, -0.1) is 0 Å². The molecule has 0 spiro atoms. The van der Waals surface area contributed by atoms with Crippen LogP contribution in [0.15, 0.2) is 36.4 Å². The van der Waals surface area contributed by atoms with Crippen LogP contribution < -0.4 is 11.1 Å². The number of hydrogen-bond donors (Lipinski definition) is 2. The lowest BCUT2D eigenvalue weighted by Gasteiger charge is -2.08. The summed E-state index contributed by atoms with van der Waals surface area (Å²) in [7, 11) is 0. The molecule has 0 radical (unpaired) electrons. The highest BCUT2D eigenvalue weighted by Crippen LogP contribution is 2.19. The highest BCUT2D eigenvalue weighted by atomic mass is 19.2. The van der Waals surface area contributed by atoms with Crippen molar-refractivity contribution < 1.29 is 13.6 Å². The van der Waals surface area contributed by atoms with E-state index in [4.69, 9.17) is 5.73 Å². The number of nitrogens with two attached hydrogens (primary N) is 1. The van der Waals surface area contributed by atoms with Crippen molar-refractivity contribution in [3.8, 4) is 0 Å². The number of rotatable bonds is 2. The number of carbonyl (C=O) groups is 1. The first-order valence-corrected chi connectivity index (χ1v) is 5.60. The molecule has 0 aliphatic heterocycles. The summed E-state index contributed by atoms with van der Waals surface area (Å²) in [6, 6.07) is 8.37. The number of anilines is 2. The van der Waals surface area contributed by atoms with Crippen LogP contribution in [-0.2, 0) is 0 Å². The fraction of sp³-hybridized carbons (Fsp3) is 0.0714. The van der Waals surface area contributed by atoms with Gasteiger partial charge in [0.05, 0.1) is 5.56 Å². The van der Waals surface area contributed by atoms with Crippen LogP contribution in [0.1, 0.15) is 15.9 Å². The van der Waals surface area contributed by atoms with Crippen molar-refractivity contribution in [2.75, 3.05) is 11.1 Å². The van der Waals surface area contributed by atoms with Crippen molar-refractivity contribution in [2.45, 2.75) is 6.92 Å². The molecule has 1 amide bonds. The van der Waals surface area contributed by atoms with Crippen LogP contribution in [0.4, 0.5) is 20.2 Å². The number of amides is 1. The van der Waals surface area contributed by atoms with Gasteiger partial charge in [0, 0.05) is 11.4 Å². The zero-order chi connectivity index (χ0) is 14.0. The summed E-state index contributed by atoms with van der Waals surface area (Å²) in [6.45, 7) is 1.83. The van der Waals surface area contributed by atoms with Gasteiger partial charge < -0.3 is 11.1 Å². The van der Waals surface area contributed by atoms with Gasteiger partial charge in [0.25, 0.3) is 5.91 Å². The smallest absolute Gasteiger partial charge is 0.258 e. The first kappa shape index (κ1) is 13.0. The maximum atomic E-state index is 13.4. The number of hydrogen-bond acceptors (Lipinski definition) is 2. The van der Waals surface area contributed by atoms with Gasteiger partial charge in [-0.05, 0) is 36.8 Å². The Hall–Kier alpha value is -2.43. The van der Waals surface area contributed by atoms with E-state index >= 15 is 0 Å². The maximum Gasteiger partial charge on any atom is 0.258 e. The van der Waals surface area contributed by atoms with Gasteiger partial charge in [-0.2, -0.15) is 0 Å². The van der Waals surface area contributed by atoms with Crippen LogP contribution in [0.2, 0.25) is 0 Å². The first-order valence-electron chi connectivity index (χ1n) is 5.60. The number of carbonyl (C=O) groups excluding carboxylic acids is 1. The van der Waals surface area contributed by atoms with Crippen molar-refractivity contribution in [3.63, 3.8) is 0 Å². The lowest BCUT2D eigenvalue weighted by Crippen LogP contribution is -2.14. The van der Waals surface area contributed by atoms with Crippen LogP contribution in [0.5, 0.6) is 0 Å². The van der Waals surface area contributed by atoms with Crippen molar-refractivity contribution in [1.82, 2.24) is 0 Å². The van der Waals surface area contributed by atoms with E-state index in [-0.39, 0.29) is 5.56 Å². The van der Waals surface area contributed by atoms with Crippen molar-refractivity contribution in [2.24, 2.45) is 0 Å². The lowest BCUT2D eigenvalue weighted by molar-refractivity contribution is 0.102. The summed E-state index contributed by atoms with van der Waals surface area (Å²) in [6.07, 6.45) is 0. The van der Waals surface area contributed by atoms with Crippen molar-refractivity contribution >= 4 is 17.3 Å². The largest absolute Gasteiger partial charge is 0.398 e. The number of halogens is 2. The molecular weight excluding hydrogens is 250 g/mol. The molecule has 19 heavy (non-hydrogen) atoms. The second-order valence-corrected chi connectivity index (χ2v) is 4.13. The van der Waals surface area contributed by atoms with E-state index in [9.17, 15) is 13.6 Å². The predicted octanol–water partition coefficient (Wildman–Crippen LogP) is 3.11. The third-order valence-electron chi connectivity index (χ3n) is 2.73. The fourth-order valence-corrected chi connectivity index (χ4v) is 1.60. The summed E-state index contributed by atoms with van der Waals surface area (Å²) in [5.74, 6) is -2.95. The van der Waals surface area contributed by atoms with Gasteiger partial charge in [0.1, 0.15) is 0 Å². The third kappa shape index (κ3) is 2.70. The van der Waals surface area contributed by atoms with Crippen molar-refractivity contribution in [1.29, 1.82) is 0 Å². The quantitative estimate of drug-likeness (QED) is 0.817. The van der Waals surface area contributed by atoms with Crippen LogP contribution in [0.3, 0.4) is 0 Å². The molecule has 2 aromatic rings. The minimum absolute atomic E-state index is 0.348. The number of nitrogens with one attached hydrogen (secondary N) is 1. The SMILES string of the molecule is Cc1ccc(NC(=O)c2cccc(F)c2F)cc1N. The molecule has 2 aromatic carbocycles. The molecule has 2 rings (SSSR count). The maximum absolute atomic E-state index is 13.4. The van der Waals surface area contributed by atoms with Gasteiger partial charge in [-0.1, -0.05) is 12.1 Å². The number of benzene rings is 2.